The van der Waals surface area contributed by atoms with Crippen molar-refractivity contribution in [1.29, 1.82) is 0 Å². The minimum absolute atomic E-state index is 0.0883. The fourth-order valence-electron chi connectivity index (χ4n) is 3.50. The van der Waals surface area contributed by atoms with E-state index >= 15 is 0 Å². The number of rotatable bonds is 5. The highest BCUT2D eigenvalue weighted by Crippen LogP contribution is 2.48. The predicted molar refractivity (Wildman–Crippen MR) is 82.7 cm³/mol. The van der Waals surface area contributed by atoms with E-state index in [1.807, 2.05) is 13.0 Å². The van der Waals surface area contributed by atoms with Gasteiger partial charge in [0.1, 0.15) is 5.54 Å². The zero-order valence-corrected chi connectivity index (χ0v) is 13.7. The molecule has 0 saturated heterocycles. The van der Waals surface area contributed by atoms with Gasteiger partial charge in [0, 0.05) is 11.4 Å². The van der Waals surface area contributed by atoms with Crippen LogP contribution >= 0.6 is 11.3 Å². The second-order valence-electron chi connectivity index (χ2n) is 6.57. The molecule has 0 radical (unpaired) electrons. The van der Waals surface area contributed by atoms with Gasteiger partial charge in [-0.2, -0.15) is 0 Å². The van der Waals surface area contributed by atoms with E-state index in [-0.39, 0.29) is 17.3 Å². The first kappa shape index (κ1) is 15.5. The van der Waals surface area contributed by atoms with E-state index in [1.54, 1.807) is 11.3 Å². The molecular weight excluding hydrogens is 270 g/mol. The summed E-state index contributed by atoms with van der Waals surface area (Å²) in [4.78, 5) is 13.8. The van der Waals surface area contributed by atoms with Crippen LogP contribution in [-0.4, -0.2) is 18.1 Å². The molecule has 2 rings (SSSR count). The van der Waals surface area contributed by atoms with Crippen molar-refractivity contribution in [2.24, 2.45) is 11.3 Å². The van der Waals surface area contributed by atoms with E-state index in [1.165, 1.54) is 4.88 Å². The normalized spacial score (nSPS) is 28.5. The Morgan fingerprint density at radius 3 is 2.80 bits per heavy atom. The molecule has 0 aliphatic heterocycles. The van der Waals surface area contributed by atoms with Gasteiger partial charge in [0.2, 0.25) is 0 Å². The summed E-state index contributed by atoms with van der Waals surface area (Å²) in [5.41, 5.74) is -0.363. The highest BCUT2D eigenvalue weighted by Gasteiger charge is 2.54. The fraction of sp³-hybridized carbons (Fsp3) is 0.688. The fourth-order valence-corrected chi connectivity index (χ4v) is 4.15. The number of carbonyl (C=O) groups excluding carboxylic acids is 1. The lowest BCUT2D eigenvalue weighted by Crippen LogP contribution is -2.55. The summed E-state index contributed by atoms with van der Waals surface area (Å²) < 4.78 is 5.36. The van der Waals surface area contributed by atoms with Gasteiger partial charge in [0.15, 0.2) is 0 Å². The van der Waals surface area contributed by atoms with E-state index in [9.17, 15) is 4.79 Å². The Morgan fingerprint density at radius 1 is 1.55 bits per heavy atom. The highest BCUT2D eigenvalue weighted by molar-refractivity contribution is 7.09. The van der Waals surface area contributed by atoms with E-state index in [4.69, 9.17) is 4.74 Å². The molecule has 1 heterocycles. The van der Waals surface area contributed by atoms with Gasteiger partial charge >= 0.3 is 5.97 Å². The Kier molecular flexibility index (Phi) is 4.55. The standard InChI is InChI=1S/C16H25NO2S/c1-5-19-14(18)16(11-15(3,4)9-12(16)2)17-10-13-7-6-8-20-13/h6-8,12,17H,5,9-11H2,1-4H3. The van der Waals surface area contributed by atoms with Crippen LogP contribution < -0.4 is 5.32 Å². The van der Waals surface area contributed by atoms with E-state index in [0.29, 0.717) is 6.61 Å². The van der Waals surface area contributed by atoms with E-state index < -0.39 is 5.54 Å². The third kappa shape index (κ3) is 3.07. The van der Waals surface area contributed by atoms with Crippen molar-refractivity contribution < 1.29 is 9.53 Å². The third-order valence-electron chi connectivity index (χ3n) is 4.26. The Bertz CT molecular complexity index is 455. The van der Waals surface area contributed by atoms with Crippen LogP contribution in [0.1, 0.15) is 45.4 Å². The van der Waals surface area contributed by atoms with Crippen molar-refractivity contribution in [2.75, 3.05) is 6.61 Å². The molecule has 2 unspecified atom stereocenters. The zero-order valence-electron chi connectivity index (χ0n) is 12.9. The van der Waals surface area contributed by atoms with Crippen LogP contribution in [0.2, 0.25) is 0 Å². The van der Waals surface area contributed by atoms with Crippen LogP contribution in [0, 0.1) is 11.3 Å². The van der Waals surface area contributed by atoms with Gasteiger partial charge < -0.3 is 4.74 Å². The van der Waals surface area contributed by atoms with Crippen molar-refractivity contribution in [3.63, 3.8) is 0 Å². The second kappa shape index (κ2) is 5.86. The minimum atomic E-state index is -0.538. The zero-order chi connectivity index (χ0) is 14.8. The maximum Gasteiger partial charge on any atom is 0.326 e. The van der Waals surface area contributed by atoms with E-state index in [0.717, 1.165) is 19.4 Å². The Balaban J connectivity index is 2.18. The van der Waals surface area contributed by atoms with Crippen molar-refractivity contribution in [2.45, 2.75) is 52.6 Å². The van der Waals surface area contributed by atoms with E-state index in [2.05, 4.69) is 37.5 Å². The molecule has 4 heteroatoms. The van der Waals surface area contributed by atoms with Crippen molar-refractivity contribution >= 4 is 17.3 Å². The predicted octanol–water partition coefficient (Wildman–Crippen LogP) is 3.60. The molecule has 0 bridgehead atoms. The molecule has 1 N–H and O–H groups in total. The van der Waals surface area contributed by atoms with Gasteiger partial charge in [-0.05, 0) is 42.5 Å². The lowest BCUT2D eigenvalue weighted by Gasteiger charge is -2.33. The lowest BCUT2D eigenvalue weighted by molar-refractivity contribution is -0.153. The average molecular weight is 295 g/mol. The number of ether oxygens (including phenoxy) is 1. The number of nitrogens with one attached hydrogen (secondary N) is 1. The van der Waals surface area contributed by atoms with Gasteiger partial charge in [-0.15, -0.1) is 11.3 Å². The molecule has 112 valence electrons. The van der Waals surface area contributed by atoms with Crippen LogP contribution in [0.5, 0.6) is 0 Å². The Hall–Kier alpha value is -0.870. The molecule has 0 spiro atoms. The molecule has 1 aromatic heterocycles. The van der Waals surface area contributed by atoms with Crippen LogP contribution in [0.3, 0.4) is 0 Å². The van der Waals surface area contributed by atoms with Crippen molar-refractivity contribution in [1.82, 2.24) is 5.32 Å². The number of esters is 1. The molecule has 2 atom stereocenters. The van der Waals surface area contributed by atoms with Crippen LogP contribution in [-0.2, 0) is 16.1 Å². The summed E-state index contributed by atoms with van der Waals surface area (Å²) in [6.45, 7) is 9.67. The molecule has 3 nitrogen and oxygen atoms in total. The lowest BCUT2D eigenvalue weighted by atomic mass is 9.86. The molecule has 1 aliphatic rings. The number of hydrogen-bond donors (Lipinski definition) is 1. The first-order valence-electron chi connectivity index (χ1n) is 7.34. The summed E-state index contributed by atoms with van der Waals surface area (Å²) in [6.07, 6.45) is 1.88. The number of hydrogen-bond acceptors (Lipinski definition) is 4. The van der Waals surface area contributed by atoms with Crippen molar-refractivity contribution in [3.8, 4) is 0 Å². The number of carbonyl (C=O) groups is 1. The minimum Gasteiger partial charge on any atom is -0.465 e. The van der Waals surface area contributed by atoms with Crippen molar-refractivity contribution in [3.05, 3.63) is 22.4 Å². The maximum absolute atomic E-state index is 12.5. The number of thiophene rings is 1. The van der Waals surface area contributed by atoms with Gasteiger partial charge in [-0.1, -0.05) is 26.8 Å². The van der Waals surface area contributed by atoms with Crippen LogP contribution in [0.15, 0.2) is 17.5 Å². The quantitative estimate of drug-likeness (QED) is 0.844. The second-order valence-corrected chi connectivity index (χ2v) is 7.60. The molecule has 0 amide bonds. The first-order valence-corrected chi connectivity index (χ1v) is 8.22. The molecule has 1 aromatic rings. The van der Waals surface area contributed by atoms with Gasteiger partial charge in [0.05, 0.1) is 6.61 Å². The smallest absolute Gasteiger partial charge is 0.326 e. The molecule has 0 aromatic carbocycles. The largest absolute Gasteiger partial charge is 0.465 e. The van der Waals surface area contributed by atoms with Gasteiger partial charge in [-0.3, -0.25) is 10.1 Å². The monoisotopic (exact) mass is 295 g/mol. The summed E-state index contributed by atoms with van der Waals surface area (Å²) in [5, 5.41) is 5.59. The maximum atomic E-state index is 12.5. The molecule has 1 saturated carbocycles. The first-order chi connectivity index (χ1) is 9.39. The molecule has 1 fully saturated rings. The molecule has 1 aliphatic carbocycles. The summed E-state index contributed by atoms with van der Waals surface area (Å²) >= 11 is 1.72. The van der Waals surface area contributed by atoms with Crippen LogP contribution in [0.25, 0.3) is 0 Å². The van der Waals surface area contributed by atoms with Crippen LogP contribution in [0.4, 0.5) is 0 Å². The summed E-state index contributed by atoms with van der Waals surface area (Å²) in [7, 11) is 0. The third-order valence-corrected chi connectivity index (χ3v) is 5.13. The summed E-state index contributed by atoms with van der Waals surface area (Å²) in [6, 6.07) is 4.14. The summed E-state index contributed by atoms with van der Waals surface area (Å²) in [5.74, 6) is 0.200. The topological polar surface area (TPSA) is 38.3 Å². The molecular formula is C16H25NO2S. The van der Waals surface area contributed by atoms with Gasteiger partial charge in [-0.25, -0.2) is 0 Å². The SMILES string of the molecule is CCOC(=O)C1(NCc2cccs2)CC(C)(C)CC1C. The Morgan fingerprint density at radius 2 is 2.30 bits per heavy atom. The Labute approximate surface area is 125 Å². The average Bonchev–Trinajstić information content (AvgIpc) is 2.93. The molecule has 20 heavy (non-hydrogen) atoms. The highest BCUT2D eigenvalue weighted by atomic mass is 32.1. The van der Waals surface area contributed by atoms with Gasteiger partial charge in [0.25, 0.3) is 0 Å².